The molecular formula is C37H71O8P. The summed E-state index contributed by atoms with van der Waals surface area (Å²) in [6, 6.07) is 0. The number of phosphoric ester groups is 1. The van der Waals surface area contributed by atoms with Gasteiger partial charge < -0.3 is 19.3 Å². The molecule has 0 saturated heterocycles. The molecule has 0 radical (unpaired) electrons. The van der Waals surface area contributed by atoms with Crippen LogP contribution >= 0.6 is 7.82 Å². The van der Waals surface area contributed by atoms with E-state index < -0.39 is 32.5 Å². The predicted molar refractivity (Wildman–Crippen MR) is 189 cm³/mol. The molecule has 0 aromatic carbocycles. The summed E-state index contributed by atoms with van der Waals surface area (Å²) in [4.78, 5) is 42.7. The Morgan fingerprint density at radius 1 is 0.543 bits per heavy atom. The van der Waals surface area contributed by atoms with Crippen LogP contribution in [-0.2, 0) is 28.2 Å². The van der Waals surface area contributed by atoms with Crippen molar-refractivity contribution in [3.05, 3.63) is 12.2 Å². The van der Waals surface area contributed by atoms with Gasteiger partial charge in [0.1, 0.15) is 6.61 Å². The first-order chi connectivity index (χ1) is 22.3. The Hall–Kier alpha value is -1.21. The van der Waals surface area contributed by atoms with Gasteiger partial charge in [-0.3, -0.25) is 14.1 Å². The van der Waals surface area contributed by atoms with Gasteiger partial charge in [0, 0.05) is 12.8 Å². The summed E-state index contributed by atoms with van der Waals surface area (Å²) in [5, 5.41) is 0. The lowest BCUT2D eigenvalue weighted by atomic mass is 10.0. The van der Waals surface area contributed by atoms with Crippen molar-refractivity contribution in [3.8, 4) is 0 Å². The Labute approximate surface area is 282 Å². The van der Waals surface area contributed by atoms with E-state index >= 15 is 0 Å². The molecule has 0 spiro atoms. The molecule has 46 heavy (non-hydrogen) atoms. The molecule has 0 saturated carbocycles. The smallest absolute Gasteiger partial charge is 0.462 e. The van der Waals surface area contributed by atoms with Crippen LogP contribution in [0.4, 0.5) is 0 Å². The number of hydrogen-bond acceptors (Lipinski definition) is 6. The van der Waals surface area contributed by atoms with E-state index in [1.807, 2.05) is 0 Å². The van der Waals surface area contributed by atoms with Crippen molar-refractivity contribution in [3.63, 3.8) is 0 Å². The molecule has 0 bridgehead atoms. The summed E-state index contributed by atoms with van der Waals surface area (Å²) in [6.07, 6.45) is 35.0. The number of carbonyl (C=O) groups excluding carboxylic acids is 2. The van der Waals surface area contributed by atoms with Crippen LogP contribution < -0.4 is 0 Å². The maximum Gasteiger partial charge on any atom is 0.469 e. The molecule has 0 aliphatic heterocycles. The number of ether oxygens (including phenoxy) is 2. The van der Waals surface area contributed by atoms with Crippen molar-refractivity contribution in [1.29, 1.82) is 0 Å². The average molecular weight is 675 g/mol. The van der Waals surface area contributed by atoms with E-state index in [0.29, 0.717) is 6.42 Å². The first-order valence-electron chi connectivity index (χ1n) is 19.0. The largest absolute Gasteiger partial charge is 0.469 e. The molecule has 1 atom stereocenters. The van der Waals surface area contributed by atoms with Gasteiger partial charge in [-0.2, -0.15) is 0 Å². The summed E-state index contributed by atoms with van der Waals surface area (Å²) in [7, 11) is -4.74. The van der Waals surface area contributed by atoms with Gasteiger partial charge in [0.05, 0.1) is 6.61 Å². The maximum atomic E-state index is 12.3. The Morgan fingerprint density at radius 2 is 0.913 bits per heavy atom. The molecule has 0 rings (SSSR count). The molecule has 0 unspecified atom stereocenters. The minimum absolute atomic E-state index is 0.215. The van der Waals surface area contributed by atoms with Gasteiger partial charge in [-0.1, -0.05) is 154 Å². The van der Waals surface area contributed by atoms with E-state index in [0.717, 1.165) is 57.8 Å². The van der Waals surface area contributed by atoms with E-state index in [1.165, 1.54) is 103 Å². The summed E-state index contributed by atoms with van der Waals surface area (Å²) in [5.41, 5.74) is 0. The molecule has 0 aromatic heterocycles. The first kappa shape index (κ1) is 44.8. The van der Waals surface area contributed by atoms with Crippen LogP contribution in [0.1, 0.15) is 194 Å². The number of allylic oxidation sites excluding steroid dienone is 2. The molecule has 272 valence electrons. The van der Waals surface area contributed by atoms with Gasteiger partial charge in [-0.25, -0.2) is 4.57 Å². The number of phosphoric acid groups is 1. The minimum Gasteiger partial charge on any atom is -0.462 e. The van der Waals surface area contributed by atoms with Crippen LogP contribution in [0.25, 0.3) is 0 Å². The van der Waals surface area contributed by atoms with Crippen molar-refractivity contribution >= 4 is 19.8 Å². The van der Waals surface area contributed by atoms with E-state index in [9.17, 15) is 14.2 Å². The second-order valence-corrected chi connectivity index (χ2v) is 14.1. The summed E-state index contributed by atoms with van der Waals surface area (Å²) in [6.45, 7) is 3.67. The van der Waals surface area contributed by atoms with E-state index in [4.69, 9.17) is 19.3 Å². The van der Waals surface area contributed by atoms with Crippen molar-refractivity contribution in [2.45, 2.75) is 200 Å². The molecule has 0 heterocycles. The van der Waals surface area contributed by atoms with Gasteiger partial charge in [0.2, 0.25) is 0 Å². The quantitative estimate of drug-likeness (QED) is 0.0295. The highest BCUT2D eigenvalue weighted by Gasteiger charge is 2.22. The number of rotatable bonds is 35. The number of carbonyl (C=O) groups is 2. The Morgan fingerprint density at radius 3 is 1.33 bits per heavy atom. The van der Waals surface area contributed by atoms with Gasteiger partial charge in [-0.05, 0) is 38.5 Å². The highest BCUT2D eigenvalue weighted by atomic mass is 31.2. The lowest BCUT2D eigenvalue weighted by Gasteiger charge is -2.18. The Bertz CT molecular complexity index is 766. The molecule has 0 fully saturated rings. The number of esters is 2. The van der Waals surface area contributed by atoms with Gasteiger partial charge in [0.25, 0.3) is 0 Å². The minimum atomic E-state index is -4.74. The fourth-order valence-corrected chi connectivity index (χ4v) is 5.79. The van der Waals surface area contributed by atoms with Crippen LogP contribution in [-0.4, -0.2) is 41.0 Å². The van der Waals surface area contributed by atoms with Crippen molar-refractivity contribution in [2.75, 3.05) is 13.2 Å². The van der Waals surface area contributed by atoms with Gasteiger partial charge in [-0.15, -0.1) is 0 Å². The highest BCUT2D eigenvalue weighted by molar-refractivity contribution is 7.46. The van der Waals surface area contributed by atoms with Crippen LogP contribution in [0, 0.1) is 0 Å². The lowest BCUT2D eigenvalue weighted by Crippen LogP contribution is -2.29. The maximum absolute atomic E-state index is 12.3. The zero-order valence-corrected chi connectivity index (χ0v) is 30.6. The van der Waals surface area contributed by atoms with Crippen LogP contribution in [0.2, 0.25) is 0 Å². The molecule has 9 heteroatoms. The predicted octanol–water partition coefficient (Wildman–Crippen LogP) is 11.1. The zero-order chi connectivity index (χ0) is 34.0. The van der Waals surface area contributed by atoms with Crippen LogP contribution in [0.15, 0.2) is 12.2 Å². The summed E-state index contributed by atoms with van der Waals surface area (Å²) >= 11 is 0. The fraction of sp³-hybridized carbons (Fsp3) is 0.892. The topological polar surface area (TPSA) is 119 Å². The van der Waals surface area contributed by atoms with E-state index in [-0.39, 0.29) is 19.4 Å². The SMILES string of the molecule is CCCCCCCC/C=C\CCCCCCCC(=O)OC[C@H](COP(=O)(O)O)OC(=O)CCCCCCCCCCCCCCC. The number of hydrogen-bond donors (Lipinski definition) is 2. The van der Waals surface area contributed by atoms with E-state index in [2.05, 4.69) is 30.5 Å². The van der Waals surface area contributed by atoms with Gasteiger partial charge in [0.15, 0.2) is 6.10 Å². The van der Waals surface area contributed by atoms with E-state index in [1.54, 1.807) is 0 Å². The molecule has 8 nitrogen and oxygen atoms in total. The fourth-order valence-electron chi connectivity index (χ4n) is 5.43. The molecule has 0 amide bonds. The lowest BCUT2D eigenvalue weighted by molar-refractivity contribution is -0.161. The Balaban J connectivity index is 3.95. The standard InChI is InChI=1S/C37H71O8P/c1-3-5-7-9-11-13-15-17-18-20-21-23-25-27-29-31-36(38)43-33-35(34-44-46(40,41)42)45-37(39)32-30-28-26-24-22-19-16-14-12-10-8-6-4-2/h17-18,35H,3-16,19-34H2,1-2H3,(H2,40,41,42)/b18-17-/t35-/m1/s1. The Kier molecular flexibility index (Phi) is 32.8. The second kappa shape index (κ2) is 33.7. The molecule has 0 aromatic rings. The van der Waals surface area contributed by atoms with Crippen molar-refractivity contribution < 1.29 is 37.9 Å². The highest BCUT2D eigenvalue weighted by Crippen LogP contribution is 2.36. The van der Waals surface area contributed by atoms with Crippen LogP contribution in [0.3, 0.4) is 0 Å². The molecular weight excluding hydrogens is 603 g/mol. The summed E-state index contributed by atoms with van der Waals surface area (Å²) < 4.78 is 26.3. The summed E-state index contributed by atoms with van der Waals surface area (Å²) in [5.74, 6) is -0.887. The zero-order valence-electron chi connectivity index (χ0n) is 29.7. The second-order valence-electron chi connectivity index (χ2n) is 12.9. The third-order valence-electron chi connectivity index (χ3n) is 8.28. The average Bonchev–Trinajstić information content (AvgIpc) is 3.02. The third-order valence-corrected chi connectivity index (χ3v) is 8.77. The molecule has 2 N–H and O–H groups in total. The van der Waals surface area contributed by atoms with Crippen LogP contribution in [0.5, 0.6) is 0 Å². The normalized spacial score (nSPS) is 12.5. The van der Waals surface area contributed by atoms with Gasteiger partial charge >= 0.3 is 19.8 Å². The first-order valence-corrected chi connectivity index (χ1v) is 20.5. The molecule has 0 aliphatic rings. The molecule has 0 aliphatic carbocycles. The monoisotopic (exact) mass is 674 g/mol. The third kappa shape index (κ3) is 35.6. The number of unbranched alkanes of at least 4 members (excludes halogenated alkanes) is 23. The van der Waals surface area contributed by atoms with Crippen molar-refractivity contribution in [1.82, 2.24) is 0 Å². The van der Waals surface area contributed by atoms with Crippen molar-refractivity contribution in [2.24, 2.45) is 0 Å².